The van der Waals surface area contributed by atoms with E-state index in [1.54, 1.807) is 0 Å². The minimum atomic E-state index is 0.00146. The predicted octanol–water partition coefficient (Wildman–Crippen LogP) is 1.88. The lowest BCUT2D eigenvalue weighted by Crippen LogP contribution is -2.38. The number of aliphatic hydroxyl groups is 1. The maximum absolute atomic E-state index is 12.2. The fraction of sp³-hybridized carbons (Fsp3) is 0.944. The summed E-state index contributed by atoms with van der Waals surface area (Å²) in [5.41, 5.74) is 0.00146. The van der Waals surface area contributed by atoms with E-state index in [1.165, 1.54) is 19.3 Å². The summed E-state index contributed by atoms with van der Waals surface area (Å²) in [5, 5.41) is 12.6. The van der Waals surface area contributed by atoms with Gasteiger partial charge in [0.25, 0.3) is 0 Å². The number of hydrogen-bond acceptors (Lipinski definition) is 3. The SMILES string of the molecule is CC(C)(CO)CN1CC2C(CNC(=O)C3CCCCC3)C2C1. The first kappa shape index (κ1) is 16.3. The van der Waals surface area contributed by atoms with Gasteiger partial charge in [-0.3, -0.25) is 4.79 Å². The van der Waals surface area contributed by atoms with Gasteiger partial charge < -0.3 is 15.3 Å². The molecule has 1 aliphatic heterocycles. The molecule has 0 bridgehead atoms. The summed E-state index contributed by atoms with van der Waals surface area (Å²) in [6.07, 6.45) is 5.93. The summed E-state index contributed by atoms with van der Waals surface area (Å²) < 4.78 is 0. The van der Waals surface area contributed by atoms with Crippen molar-refractivity contribution in [2.45, 2.75) is 46.0 Å². The van der Waals surface area contributed by atoms with Crippen LogP contribution in [-0.2, 0) is 4.79 Å². The summed E-state index contributed by atoms with van der Waals surface area (Å²) in [6, 6.07) is 0. The van der Waals surface area contributed by atoms with Crippen molar-refractivity contribution >= 4 is 5.91 Å². The smallest absolute Gasteiger partial charge is 0.223 e. The lowest BCUT2D eigenvalue weighted by Gasteiger charge is -2.29. The number of rotatable bonds is 6. The van der Waals surface area contributed by atoms with Crippen molar-refractivity contribution in [3.8, 4) is 0 Å². The molecule has 3 rings (SSSR count). The van der Waals surface area contributed by atoms with E-state index in [0.717, 1.165) is 50.9 Å². The Bertz CT molecular complexity index is 392. The van der Waals surface area contributed by atoms with Crippen LogP contribution >= 0.6 is 0 Å². The van der Waals surface area contributed by atoms with Crippen LogP contribution in [0.3, 0.4) is 0 Å². The van der Waals surface area contributed by atoms with Crippen LogP contribution in [0.4, 0.5) is 0 Å². The fourth-order valence-electron chi connectivity index (χ4n) is 4.55. The standard InChI is InChI=1S/C18H32N2O2/c1-18(2,12-21)11-20-9-15-14(16(15)10-20)8-19-17(22)13-6-4-3-5-7-13/h13-16,21H,3-12H2,1-2H3,(H,19,22). The number of nitrogens with zero attached hydrogens (tertiary/aromatic N) is 1. The Kier molecular flexibility index (Phi) is 4.79. The number of hydrogen-bond donors (Lipinski definition) is 2. The highest BCUT2D eigenvalue weighted by molar-refractivity contribution is 5.78. The Morgan fingerprint density at radius 1 is 1.18 bits per heavy atom. The molecule has 0 radical (unpaired) electrons. The first-order valence-corrected chi connectivity index (χ1v) is 9.11. The van der Waals surface area contributed by atoms with E-state index in [2.05, 4.69) is 24.1 Å². The van der Waals surface area contributed by atoms with Gasteiger partial charge in [0.1, 0.15) is 0 Å². The van der Waals surface area contributed by atoms with Gasteiger partial charge in [0.15, 0.2) is 0 Å². The van der Waals surface area contributed by atoms with E-state index in [0.29, 0.717) is 11.8 Å². The van der Waals surface area contributed by atoms with E-state index in [4.69, 9.17) is 0 Å². The summed E-state index contributed by atoms with van der Waals surface area (Å²) in [7, 11) is 0. The van der Waals surface area contributed by atoms with Crippen LogP contribution in [0.1, 0.15) is 46.0 Å². The predicted molar refractivity (Wildman–Crippen MR) is 87.4 cm³/mol. The zero-order valence-electron chi connectivity index (χ0n) is 14.2. The Balaban J connectivity index is 1.35. The molecule has 0 aromatic rings. The average Bonchev–Trinajstić information content (AvgIpc) is 2.97. The van der Waals surface area contributed by atoms with E-state index in [9.17, 15) is 9.90 Å². The van der Waals surface area contributed by atoms with Gasteiger partial charge in [-0.05, 0) is 30.6 Å². The van der Waals surface area contributed by atoms with Crippen molar-refractivity contribution in [1.29, 1.82) is 0 Å². The Morgan fingerprint density at radius 3 is 2.41 bits per heavy atom. The van der Waals surface area contributed by atoms with Gasteiger partial charge in [-0.25, -0.2) is 0 Å². The Morgan fingerprint density at radius 2 is 1.82 bits per heavy atom. The second-order valence-corrected chi connectivity index (χ2v) is 8.59. The largest absolute Gasteiger partial charge is 0.396 e. The summed E-state index contributed by atoms with van der Waals surface area (Å²) in [6.45, 7) is 8.67. The first-order valence-electron chi connectivity index (χ1n) is 9.11. The van der Waals surface area contributed by atoms with E-state index in [1.807, 2.05) is 0 Å². The lowest BCUT2D eigenvalue weighted by molar-refractivity contribution is -0.126. The fourth-order valence-corrected chi connectivity index (χ4v) is 4.55. The van der Waals surface area contributed by atoms with Gasteiger partial charge in [0.2, 0.25) is 5.91 Å². The molecule has 1 amide bonds. The molecule has 2 saturated carbocycles. The van der Waals surface area contributed by atoms with Gasteiger partial charge in [0, 0.05) is 44.1 Å². The number of likely N-dealkylation sites (tertiary alicyclic amines) is 1. The summed E-state index contributed by atoms with van der Waals surface area (Å²) in [5.74, 6) is 2.86. The van der Waals surface area contributed by atoms with Crippen molar-refractivity contribution in [1.82, 2.24) is 10.2 Å². The third-order valence-electron chi connectivity index (χ3n) is 6.01. The zero-order valence-corrected chi connectivity index (χ0v) is 14.2. The molecule has 0 aromatic heterocycles. The highest BCUT2D eigenvalue weighted by Gasteiger charge is 2.55. The van der Waals surface area contributed by atoms with Crippen molar-refractivity contribution < 1.29 is 9.90 Å². The minimum Gasteiger partial charge on any atom is -0.396 e. The van der Waals surface area contributed by atoms with Crippen molar-refractivity contribution in [3.05, 3.63) is 0 Å². The monoisotopic (exact) mass is 308 g/mol. The van der Waals surface area contributed by atoms with Crippen LogP contribution in [0.15, 0.2) is 0 Å². The molecule has 3 fully saturated rings. The van der Waals surface area contributed by atoms with Crippen LogP contribution in [0.5, 0.6) is 0 Å². The maximum atomic E-state index is 12.2. The number of nitrogens with one attached hydrogen (secondary N) is 1. The lowest BCUT2D eigenvalue weighted by atomic mass is 9.88. The zero-order chi connectivity index (χ0) is 15.7. The maximum Gasteiger partial charge on any atom is 0.223 e. The average molecular weight is 308 g/mol. The van der Waals surface area contributed by atoms with Gasteiger partial charge in [-0.1, -0.05) is 33.1 Å². The third-order valence-corrected chi connectivity index (χ3v) is 6.01. The molecule has 4 nitrogen and oxygen atoms in total. The molecule has 126 valence electrons. The van der Waals surface area contributed by atoms with Gasteiger partial charge in [0.05, 0.1) is 0 Å². The molecule has 2 unspecified atom stereocenters. The normalized spacial score (nSPS) is 32.8. The van der Waals surface area contributed by atoms with Crippen molar-refractivity contribution in [2.24, 2.45) is 29.1 Å². The number of aliphatic hydroxyl groups excluding tert-OH is 1. The minimum absolute atomic E-state index is 0.00146. The van der Waals surface area contributed by atoms with Gasteiger partial charge in [-0.15, -0.1) is 0 Å². The van der Waals surface area contributed by atoms with E-state index < -0.39 is 0 Å². The van der Waals surface area contributed by atoms with E-state index in [-0.39, 0.29) is 17.9 Å². The second kappa shape index (κ2) is 6.48. The van der Waals surface area contributed by atoms with E-state index >= 15 is 0 Å². The molecule has 4 heteroatoms. The van der Waals surface area contributed by atoms with Crippen LogP contribution in [-0.4, -0.2) is 48.7 Å². The number of amides is 1. The molecule has 22 heavy (non-hydrogen) atoms. The highest BCUT2D eigenvalue weighted by atomic mass is 16.3. The van der Waals surface area contributed by atoms with Crippen LogP contribution < -0.4 is 5.32 Å². The van der Waals surface area contributed by atoms with Gasteiger partial charge >= 0.3 is 0 Å². The molecule has 1 heterocycles. The molecular formula is C18H32N2O2. The highest BCUT2D eigenvalue weighted by Crippen LogP contribution is 2.51. The summed E-state index contributed by atoms with van der Waals surface area (Å²) >= 11 is 0. The first-order chi connectivity index (χ1) is 10.5. The van der Waals surface area contributed by atoms with Crippen molar-refractivity contribution in [3.63, 3.8) is 0 Å². The molecule has 3 aliphatic rings. The topological polar surface area (TPSA) is 52.6 Å². The van der Waals surface area contributed by atoms with Crippen LogP contribution in [0.2, 0.25) is 0 Å². The molecule has 0 spiro atoms. The number of piperidine rings is 1. The van der Waals surface area contributed by atoms with Crippen LogP contribution in [0, 0.1) is 29.1 Å². The Hall–Kier alpha value is -0.610. The molecule has 2 atom stereocenters. The number of carbonyl (C=O) groups is 1. The number of fused-ring (bicyclic) bond motifs is 1. The molecule has 1 saturated heterocycles. The van der Waals surface area contributed by atoms with Gasteiger partial charge in [-0.2, -0.15) is 0 Å². The molecular weight excluding hydrogens is 276 g/mol. The quantitative estimate of drug-likeness (QED) is 0.788. The Labute approximate surface area is 134 Å². The van der Waals surface area contributed by atoms with Crippen LogP contribution in [0.25, 0.3) is 0 Å². The molecule has 2 N–H and O–H groups in total. The third kappa shape index (κ3) is 3.65. The molecule has 0 aromatic carbocycles. The number of carbonyl (C=O) groups excluding carboxylic acids is 1. The molecule has 2 aliphatic carbocycles. The summed E-state index contributed by atoms with van der Waals surface area (Å²) in [4.78, 5) is 14.7. The van der Waals surface area contributed by atoms with Crippen molar-refractivity contribution in [2.75, 3.05) is 32.8 Å². The second-order valence-electron chi connectivity index (χ2n) is 8.59.